The van der Waals surface area contributed by atoms with Crippen molar-refractivity contribution in [3.05, 3.63) is 34.7 Å². The summed E-state index contributed by atoms with van der Waals surface area (Å²) in [6, 6.07) is 3.00. The second-order valence-electron chi connectivity index (χ2n) is 4.40. The van der Waals surface area contributed by atoms with Crippen LogP contribution in [0.15, 0.2) is 18.3 Å². The quantitative estimate of drug-likeness (QED) is 0.612. The van der Waals surface area contributed by atoms with Crippen LogP contribution in [-0.2, 0) is 9.57 Å². The van der Waals surface area contributed by atoms with Gasteiger partial charge in [0.1, 0.15) is 0 Å². The molecule has 0 bridgehead atoms. The lowest BCUT2D eigenvalue weighted by molar-refractivity contribution is -0.992. The summed E-state index contributed by atoms with van der Waals surface area (Å²) < 4.78 is 9.93. The van der Waals surface area contributed by atoms with E-state index >= 15 is 0 Å². The second-order valence-corrected chi connectivity index (χ2v) is 4.40. The number of quaternary nitrogens is 1. The topological polar surface area (TPSA) is 75.5 Å². The maximum atomic E-state index is 11.9. The number of rotatable bonds is 6. The third-order valence-corrected chi connectivity index (χ3v) is 2.73. The molecule has 7 nitrogen and oxygen atoms in total. The van der Waals surface area contributed by atoms with E-state index in [1.165, 1.54) is 27.4 Å². The van der Waals surface area contributed by atoms with E-state index in [0.717, 1.165) is 0 Å². The Morgan fingerprint density at radius 2 is 1.95 bits per heavy atom. The maximum absolute atomic E-state index is 11.9. The van der Waals surface area contributed by atoms with E-state index in [2.05, 4.69) is 4.84 Å². The monoisotopic (exact) mass is 296 g/mol. The van der Waals surface area contributed by atoms with Crippen molar-refractivity contribution in [1.29, 1.82) is 0 Å². The van der Waals surface area contributed by atoms with Crippen molar-refractivity contribution < 1.29 is 24.3 Å². The molecule has 1 rings (SSSR count). The molecule has 1 N–H and O–H groups in total. The highest BCUT2D eigenvalue weighted by molar-refractivity contribution is 5.95. The summed E-state index contributed by atoms with van der Waals surface area (Å²) in [5.74, 6) is -0.214. The molecule has 1 atom stereocenters. The van der Waals surface area contributed by atoms with Gasteiger partial charge in [-0.15, -0.1) is 0 Å². The summed E-state index contributed by atoms with van der Waals surface area (Å²) >= 11 is 0. The number of ether oxygens (including phenoxy) is 2. The largest absolute Gasteiger partial charge is 0.595 e. The molecule has 1 aromatic carbocycles. The zero-order valence-corrected chi connectivity index (χ0v) is 12.8. The molecular weight excluding hydrogens is 276 g/mol. The van der Waals surface area contributed by atoms with E-state index in [4.69, 9.17) is 9.47 Å². The zero-order chi connectivity index (χ0) is 16.0. The summed E-state index contributed by atoms with van der Waals surface area (Å²) in [6.45, 7) is 0. The van der Waals surface area contributed by atoms with Crippen LogP contribution < -0.4 is 9.96 Å². The standard InChI is InChI=1S/C14H20N2O5/c1-15(2)7-6-10-8-13(19-3)12(16(18)21-5)9-11(10)14(17)20-4/h6-9,16H,1-5H3/b7-6+. The van der Waals surface area contributed by atoms with E-state index in [0.29, 0.717) is 11.3 Å². The Morgan fingerprint density at radius 3 is 2.43 bits per heavy atom. The molecule has 21 heavy (non-hydrogen) atoms. The highest BCUT2D eigenvalue weighted by Crippen LogP contribution is 2.27. The number of hydrogen-bond donors (Lipinski definition) is 1. The Morgan fingerprint density at radius 1 is 1.29 bits per heavy atom. The molecule has 0 aliphatic rings. The number of nitrogens with zero attached hydrogens (tertiary/aromatic N) is 1. The summed E-state index contributed by atoms with van der Waals surface area (Å²) in [6.07, 6.45) is 3.51. The number of methoxy groups -OCH3 is 2. The Bertz CT molecular complexity index is 528. The minimum absolute atomic E-state index is 0.169. The molecule has 0 spiro atoms. The van der Waals surface area contributed by atoms with Crippen molar-refractivity contribution >= 4 is 17.7 Å². The molecule has 0 heterocycles. The van der Waals surface area contributed by atoms with Gasteiger partial charge in [-0.05, 0) is 23.9 Å². The second kappa shape index (κ2) is 7.63. The lowest BCUT2D eigenvalue weighted by Gasteiger charge is -2.20. The fraction of sp³-hybridized carbons (Fsp3) is 0.357. The Hall–Kier alpha value is -2.09. The first-order valence-electron chi connectivity index (χ1n) is 6.17. The van der Waals surface area contributed by atoms with E-state index in [1.807, 2.05) is 19.0 Å². The first kappa shape index (κ1) is 17.0. The third kappa shape index (κ3) is 4.19. The molecule has 0 aromatic heterocycles. The minimum Gasteiger partial charge on any atom is -0.595 e. The van der Waals surface area contributed by atoms with Gasteiger partial charge in [0.05, 0.1) is 26.9 Å². The van der Waals surface area contributed by atoms with Crippen LogP contribution in [0.3, 0.4) is 0 Å². The van der Waals surface area contributed by atoms with Gasteiger partial charge in [0.25, 0.3) is 0 Å². The number of carbonyl (C=O) groups excluding carboxylic acids is 1. The lowest BCUT2D eigenvalue weighted by Crippen LogP contribution is -3.00. The average molecular weight is 296 g/mol. The van der Waals surface area contributed by atoms with Gasteiger partial charge in [0.15, 0.2) is 5.75 Å². The van der Waals surface area contributed by atoms with Crippen molar-refractivity contribution in [3.8, 4) is 5.75 Å². The smallest absolute Gasteiger partial charge is 0.338 e. The van der Waals surface area contributed by atoms with Crippen LogP contribution >= 0.6 is 0 Å². The van der Waals surface area contributed by atoms with E-state index in [1.54, 1.807) is 18.3 Å². The van der Waals surface area contributed by atoms with Crippen LogP contribution in [0.5, 0.6) is 5.75 Å². The van der Waals surface area contributed by atoms with Gasteiger partial charge < -0.3 is 19.6 Å². The molecular formula is C14H20N2O5. The molecule has 0 saturated heterocycles. The van der Waals surface area contributed by atoms with Crippen LogP contribution in [0.2, 0.25) is 0 Å². The predicted molar refractivity (Wildman–Crippen MR) is 78.1 cm³/mol. The van der Waals surface area contributed by atoms with E-state index < -0.39 is 11.2 Å². The Labute approximate surface area is 123 Å². The molecule has 1 aromatic rings. The molecule has 0 aliphatic heterocycles. The number of nitrogens with one attached hydrogen (secondary N) is 1. The van der Waals surface area contributed by atoms with Crippen molar-refractivity contribution in [1.82, 2.24) is 4.90 Å². The van der Waals surface area contributed by atoms with Crippen LogP contribution in [0.1, 0.15) is 15.9 Å². The van der Waals surface area contributed by atoms with E-state index in [9.17, 15) is 10.0 Å². The molecule has 0 fully saturated rings. The first-order chi connectivity index (χ1) is 9.94. The Kier molecular flexibility index (Phi) is 6.16. The van der Waals surface area contributed by atoms with Crippen LogP contribution in [0.4, 0.5) is 5.69 Å². The molecule has 0 amide bonds. The Balaban J connectivity index is 3.44. The summed E-state index contributed by atoms with van der Waals surface area (Å²) in [5, 5.41) is 11.2. The molecule has 0 radical (unpaired) electrons. The maximum Gasteiger partial charge on any atom is 0.338 e. The van der Waals surface area contributed by atoms with E-state index in [-0.39, 0.29) is 11.3 Å². The van der Waals surface area contributed by atoms with Gasteiger partial charge >= 0.3 is 5.97 Å². The number of esters is 1. The van der Waals surface area contributed by atoms with Crippen LogP contribution in [-0.4, -0.2) is 46.3 Å². The van der Waals surface area contributed by atoms with Crippen LogP contribution in [0, 0.1) is 5.21 Å². The third-order valence-electron chi connectivity index (χ3n) is 2.73. The summed E-state index contributed by atoms with van der Waals surface area (Å²) in [4.78, 5) is 18.4. The number of benzene rings is 1. The fourth-order valence-corrected chi connectivity index (χ4v) is 1.69. The lowest BCUT2D eigenvalue weighted by atomic mass is 10.1. The van der Waals surface area contributed by atoms with Crippen molar-refractivity contribution in [2.45, 2.75) is 0 Å². The summed E-state index contributed by atoms with van der Waals surface area (Å²) in [5.41, 5.74) is 1.01. The normalized spacial score (nSPS) is 12.3. The molecule has 7 heteroatoms. The van der Waals surface area contributed by atoms with Crippen molar-refractivity contribution in [3.63, 3.8) is 0 Å². The minimum atomic E-state index is -0.583. The summed E-state index contributed by atoms with van der Waals surface area (Å²) in [7, 11) is 7.70. The van der Waals surface area contributed by atoms with Gasteiger partial charge in [0, 0.05) is 20.2 Å². The molecule has 0 aliphatic carbocycles. The van der Waals surface area contributed by atoms with Crippen LogP contribution in [0.25, 0.3) is 6.08 Å². The predicted octanol–water partition coefficient (Wildman–Crippen LogP) is 0.590. The SMILES string of the molecule is COC(=O)c1cc([NH+]([O-])OC)c(OC)cc1/C=C/N(C)C. The van der Waals surface area contributed by atoms with Gasteiger partial charge in [-0.25, -0.2) is 9.63 Å². The zero-order valence-electron chi connectivity index (χ0n) is 12.8. The first-order valence-corrected chi connectivity index (χ1v) is 6.17. The average Bonchev–Trinajstić information content (AvgIpc) is 2.50. The highest BCUT2D eigenvalue weighted by Gasteiger charge is 2.20. The van der Waals surface area contributed by atoms with Gasteiger partial charge in [-0.2, -0.15) is 5.23 Å². The van der Waals surface area contributed by atoms with Gasteiger partial charge in [0.2, 0.25) is 5.69 Å². The molecule has 0 saturated carbocycles. The van der Waals surface area contributed by atoms with Gasteiger partial charge in [-0.1, -0.05) is 0 Å². The molecule has 1 unspecified atom stereocenters. The number of carbonyl (C=O) groups is 1. The van der Waals surface area contributed by atoms with Crippen molar-refractivity contribution in [2.24, 2.45) is 0 Å². The molecule has 116 valence electrons. The van der Waals surface area contributed by atoms with Gasteiger partial charge in [-0.3, -0.25) is 0 Å². The highest BCUT2D eigenvalue weighted by atomic mass is 16.9. The van der Waals surface area contributed by atoms with Crippen molar-refractivity contribution in [2.75, 3.05) is 35.4 Å². The fourth-order valence-electron chi connectivity index (χ4n) is 1.69. The number of hydrogen-bond acceptors (Lipinski definition) is 6.